The number of halogens is 3. The molecule has 0 amide bonds. The van der Waals surface area contributed by atoms with E-state index in [4.69, 9.17) is 0 Å². The number of alkyl halides is 3. The number of hydrogen-bond acceptors (Lipinski definition) is 5. The smallest absolute Gasteiger partial charge is 0.234 e. The highest BCUT2D eigenvalue weighted by Crippen LogP contribution is 2.36. The van der Waals surface area contributed by atoms with Crippen LogP contribution in [0.25, 0.3) is 26.6 Å². The molecular weight excluding hydrogens is 411 g/mol. The van der Waals surface area contributed by atoms with E-state index in [1.807, 2.05) is 12.1 Å². The fraction of sp³-hybridized carbons (Fsp3) is 0.111. The van der Waals surface area contributed by atoms with Gasteiger partial charge in [-0.1, -0.05) is 12.1 Å². The summed E-state index contributed by atoms with van der Waals surface area (Å²) in [5.41, 5.74) is 0.114. The zero-order valence-corrected chi connectivity index (χ0v) is 15.9. The van der Waals surface area contributed by atoms with Gasteiger partial charge >= 0.3 is 6.18 Å². The summed E-state index contributed by atoms with van der Waals surface area (Å²) >= 11 is 1.26. The zero-order valence-electron chi connectivity index (χ0n) is 14.3. The highest BCUT2D eigenvalue weighted by molar-refractivity contribution is 7.90. The topological polar surface area (TPSA) is 64.8 Å². The molecule has 0 aliphatic rings. The molecule has 0 bridgehead atoms. The van der Waals surface area contributed by atoms with Gasteiger partial charge in [0, 0.05) is 6.26 Å². The number of thiazole rings is 1. The van der Waals surface area contributed by atoms with Crippen molar-refractivity contribution < 1.29 is 21.6 Å². The summed E-state index contributed by atoms with van der Waals surface area (Å²) < 4.78 is 65.0. The third kappa shape index (κ3) is 3.40. The van der Waals surface area contributed by atoms with E-state index in [0.717, 1.165) is 21.7 Å². The van der Waals surface area contributed by atoms with E-state index < -0.39 is 21.7 Å². The Balaban J connectivity index is 1.89. The number of benzene rings is 2. The predicted molar refractivity (Wildman–Crippen MR) is 100 cm³/mol. The number of aromatic nitrogens is 3. The molecule has 2 heterocycles. The van der Waals surface area contributed by atoms with Gasteiger partial charge in [-0.15, -0.1) is 11.3 Å². The number of sulfone groups is 1. The Hall–Kier alpha value is -2.72. The molecule has 0 unspecified atom stereocenters. The maximum atomic E-state index is 13.3. The molecule has 0 saturated heterocycles. The molecule has 2 aromatic heterocycles. The van der Waals surface area contributed by atoms with E-state index in [2.05, 4.69) is 10.1 Å². The third-order valence-electron chi connectivity index (χ3n) is 4.02. The summed E-state index contributed by atoms with van der Waals surface area (Å²) in [6.07, 6.45) is -3.56. The van der Waals surface area contributed by atoms with Gasteiger partial charge in [-0.3, -0.25) is 0 Å². The van der Waals surface area contributed by atoms with Crippen LogP contribution in [0.15, 0.2) is 59.5 Å². The maximum absolute atomic E-state index is 13.3. The summed E-state index contributed by atoms with van der Waals surface area (Å²) in [7, 11) is -3.42. The summed E-state index contributed by atoms with van der Waals surface area (Å²) in [5, 5.41) is 4.08. The van der Waals surface area contributed by atoms with Crippen molar-refractivity contribution in [2.75, 3.05) is 6.26 Å². The van der Waals surface area contributed by atoms with Gasteiger partial charge in [0.05, 0.1) is 20.8 Å². The maximum Gasteiger partial charge on any atom is 0.435 e. The summed E-state index contributed by atoms with van der Waals surface area (Å²) in [4.78, 5) is 4.49. The van der Waals surface area contributed by atoms with Crippen molar-refractivity contribution in [2.24, 2.45) is 0 Å². The molecule has 10 heteroatoms. The van der Waals surface area contributed by atoms with Crippen molar-refractivity contribution in [1.82, 2.24) is 14.8 Å². The highest BCUT2D eigenvalue weighted by atomic mass is 32.2. The largest absolute Gasteiger partial charge is 0.435 e. The van der Waals surface area contributed by atoms with Crippen LogP contribution >= 0.6 is 11.3 Å². The van der Waals surface area contributed by atoms with Crippen LogP contribution < -0.4 is 0 Å². The molecule has 0 radical (unpaired) electrons. The van der Waals surface area contributed by atoms with Crippen LogP contribution in [0.4, 0.5) is 13.2 Å². The molecule has 0 aliphatic carbocycles. The van der Waals surface area contributed by atoms with Crippen LogP contribution in [0.5, 0.6) is 0 Å². The van der Waals surface area contributed by atoms with Gasteiger partial charge in [-0.2, -0.15) is 18.3 Å². The first-order valence-electron chi connectivity index (χ1n) is 7.97. The summed E-state index contributed by atoms with van der Waals surface area (Å²) in [5.74, 6) is 0. The first-order chi connectivity index (χ1) is 13.1. The van der Waals surface area contributed by atoms with Crippen molar-refractivity contribution in [3.05, 3.63) is 60.3 Å². The molecule has 0 fully saturated rings. The Bertz CT molecular complexity index is 1240. The fourth-order valence-corrected chi connectivity index (χ4v) is 4.28. The molecular formula is C18H12F3N3O2S2. The Morgan fingerprint density at radius 1 is 1.04 bits per heavy atom. The van der Waals surface area contributed by atoms with Gasteiger partial charge in [-0.05, 0) is 42.5 Å². The van der Waals surface area contributed by atoms with Gasteiger partial charge in [0.15, 0.2) is 15.5 Å². The fourth-order valence-electron chi connectivity index (χ4n) is 2.69. The summed E-state index contributed by atoms with van der Waals surface area (Å²) in [6.45, 7) is 0. The molecule has 4 rings (SSSR count). The number of hydrogen-bond donors (Lipinski definition) is 0. The highest BCUT2D eigenvalue weighted by Gasteiger charge is 2.35. The van der Waals surface area contributed by atoms with Crippen LogP contribution in [0.2, 0.25) is 0 Å². The Labute approximate surface area is 162 Å². The monoisotopic (exact) mass is 423 g/mol. The van der Waals surface area contributed by atoms with E-state index in [9.17, 15) is 21.6 Å². The second kappa shape index (κ2) is 6.42. The first-order valence-corrected chi connectivity index (χ1v) is 10.7. The standard InChI is InChI=1S/C18H12F3N3O2S2/c1-28(25,26)12-8-6-11(7-9-12)24-14(10-16(23-24)18(19,20)21)17-22-13-4-2-3-5-15(13)27-17/h2-10H,1H3. The first kappa shape index (κ1) is 18.6. The normalized spacial score (nSPS) is 12.6. The molecule has 0 saturated carbocycles. The van der Waals surface area contributed by atoms with Gasteiger partial charge in [0.1, 0.15) is 10.7 Å². The molecule has 0 spiro atoms. The predicted octanol–water partition coefficient (Wildman–Crippen LogP) is 4.57. The van der Waals surface area contributed by atoms with Crippen LogP contribution in [0.3, 0.4) is 0 Å². The molecule has 5 nitrogen and oxygen atoms in total. The lowest BCUT2D eigenvalue weighted by Crippen LogP contribution is -2.07. The molecule has 144 valence electrons. The van der Waals surface area contributed by atoms with E-state index in [1.165, 1.54) is 35.6 Å². The average molecular weight is 423 g/mol. The van der Waals surface area contributed by atoms with Crippen LogP contribution in [-0.4, -0.2) is 29.4 Å². The van der Waals surface area contributed by atoms with E-state index in [-0.39, 0.29) is 10.6 Å². The van der Waals surface area contributed by atoms with Gasteiger partial charge < -0.3 is 0 Å². The Morgan fingerprint density at radius 2 is 1.71 bits per heavy atom. The second-order valence-corrected chi connectivity index (χ2v) is 9.12. The van der Waals surface area contributed by atoms with Crippen LogP contribution in [-0.2, 0) is 16.0 Å². The Kier molecular flexibility index (Phi) is 4.27. The SMILES string of the molecule is CS(=O)(=O)c1ccc(-n2nc(C(F)(F)F)cc2-c2nc3ccccc3s2)cc1. The molecule has 28 heavy (non-hydrogen) atoms. The zero-order chi connectivity index (χ0) is 20.1. The van der Waals surface area contributed by atoms with Gasteiger partial charge in [0.2, 0.25) is 0 Å². The third-order valence-corrected chi connectivity index (χ3v) is 6.21. The minimum absolute atomic E-state index is 0.0704. The van der Waals surface area contributed by atoms with E-state index in [1.54, 1.807) is 12.1 Å². The van der Waals surface area contributed by atoms with Crippen LogP contribution in [0.1, 0.15) is 5.69 Å². The van der Waals surface area contributed by atoms with Crippen LogP contribution in [0, 0.1) is 0 Å². The van der Waals surface area contributed by atoms with Crippen molar-refractivity contribution in [2.45, 2.75) is 11.1 Å². The minimum atomic E-state index is -4.62. The molecule has 0 N–H and O–H groups in total. The lowest BCUT2D eigenvalue weighted by atomic mass is 10.3. The minimum Gasteiger partial charge on any atom is -0.234 e. The Morgan fingerprint density at radius 3 is 2.32 bits per heavy atom. The number of para-hydroxylation sites is 1. The van der Waals surface area contributed by atoms with Crippen molar-refractivity contribution in [3.8, 4) is 16.4 Å². The summed E-state index contributed by atoms with van der Waals surface area (Å²) in [6, 6.07) is 13.7. The molecule has 0 aliphatic heterocycles. The van der Waals surface area contributed by atoms with E-state index in [0.29, 0.717) is 16.2 Å². The number of nitrogens with zero attached hydrogens (tertiary/aromatic N) is 3. The molecule has 2 aromatic carbocycles. The molecule has 4 aromatic rings. The van der Waals surface area contributed by atoms with Crippen molar-refractivity contribution in [1.29, 1.82) is 0 Å². The molecule has 0 atom stereocenters. The lowest BCUT2D eigenvalue weighted by Gasteiger charge is -2.07. The van der Waals surface area contributed by atoms with Crippen molar-refractivity contribution in [3.63, 3.8) is 0 Å². The quantitative estimate of drug-likeness (QED) is 0.484. The van der Waals surface area contributed by atoms with Gasteiger partial charge in [-0.25, -0.2) is 18.1 Å². The van der Waals surface area contributed by atoms with E-state index >= 15 is 0 Å². The van der Waals surface area contributed by atoms with Crippen molar-refractivity contribution >= 4 is 31.4 Å². The average Bonchev–Trinajstić information content (AvgIpc) is 3.25. The lowest BCUT2D eigenvalue weighted by molar-refractivity contribution is -0.141. The second-order valence-electron chi connectivity index (χ2n) is 6.08. The number of fused-ring (bicyclic) bond motifs is 1. The number of rotatable bonds is 3. The van der Waals surface area contributed by atoms with Gasteiger partial charge in [0.25, 0.3) is 0 Å².